The highest BCUT2D eigenvalue weighted by molar-refractivity contribution is 7.80. The quantitative estimate of drug-likeness (QED) is 0.322. The smallest absolute Gasteiger partial charge is 0.258 e. The first-order valence-corrected chi connectivity index (χ1v) is 11.8. The van der Waals surface area contributed by atoms with Gasteiger partial charge in [0.25, 0.3) is 5.89 Å². The van der Waals surface area contributed by atoms with Crippen molar-refractivity contribution < 1.29 is 4.52 Å². The molecule has 0 aliphatic carbocycles. The normalized spacial score (nSPS) is 16.0. The van der Waals surface area contributed by atoms with E-state index in [0.29, 0.717) is 28.4 Å². The molecule has 1 unspecified atom stereocenters. The van der Waals surface area contributed by atoms with Gasteiger partial charge in [-0.05, 0) is 55.4 Å². The third kappa shape index (κ3) is 4.47. The van der Waals surface area contributed by atoms with Crippen molar-refractivity contribution in [1.82, 2.24) is 20.4 Å². The summed E-state index contributed by atoms with van der Waals surface area (Å²) in [6.45, 7) is 4.66. The number of nitrogens with zero attached hydrogens (tertiary/aromatic N) is 3. The second-order valence-electron chi connectivity index (χ2n) is 8.30. The molecule has 5 nitrogen and oxygen atoms in total. The molecule has 0 radical (unpaired) electrons. The average Bonchev–Trinajstić information content (AvgIpc) is 3.32. The number of rotatable bonds is 5. The van der Waals surface area contributed by atoms with Gasteiger partial charge in [-0.2, -0.15) is 4.98 Å². The molecule has 0 saturated heterocycles. The van der Waals surface area contributed by atoms with Gasteiger partial charge in [0.1, 0.15) is 0 Å². The van der Waals surface area contributed by atoms with E-state index in [9.17, 15) is 0 Å². The molecular weight excluding hydrogens is 464 g/mol. The number of hydrogen-bond donors (Lipinski definition) is 1. The predicted octanol–water partition coefficient (Wildman–Crippen LogP) is 6.56. The van der Waals surface area contributed by atoms with Gasteiger partial charge in [0.05, 0.1) is 18.2 Å². The van der Waals surface area contributed by atoms with Crippen LogP contribution >= 0.6 is 23.8 Å². The Balaban J connectivity index is 1.60. The third-order valence-corrected chi connectivity index (χ3v) is 6.46. The van der Waals surface area contributed by atoms with Gasteiger partial charge in [0.15, 0.2) is 5.11 Å². The van der Waals surface area contributed by atoms with E-state index >= 15 is 0 Å². The zero-order valence-corrected chi connectivity index (χ0v) is 20.4. The number of halogens is 1. The minimum Gasteiger partial charge on any atom is -0.351 e. The molecular formula is C27H23ClN4OS. The van der Waals surface area contributed by atoms with Gasteiger partial charge in [0, 0.05) is 16.3 Å². The molecule has 3 aromatic carbocycles. The van der Waals surface area contributed by atoms with Crippen LogP contribution in [0.4, 0.5) is 0 Å². The summed E-state index contributed by atoms with van der Waals surface area (Å²) in [5.41, 5.74) is 6.03. The van der Waals surface area contributed by atoms with E-state index in [4.69, 9.17) is 33.3 Å². The Hall–Kier alpha value is -3.48. The summed E-state index contributed by atoms with van der Waals surface area (Å²) in [5, 5.41) is 9.11. The second kappa shape index (κ2) is 9.41. The minimum atomic E-state index is -0.213. The maximum Gasteiger partial charge on any atom is 0.258 e. The molecule has 7 heteroatoms. The number of thiocarbonyl (C=S) groups is 1. The van der Waals surface area contributed by atoms with Crippen LogP contribution in [0, 0.1) is 6.92 Å². The van der Waals surface area contributed by atoms with Gasteiger partial charge in [-0.1, -0.05) is 83.0 Å². The lowest BCUT2D eigenvalue weighted by Crippen LogP contribution is -2.45. The van der Waals surface area contributed by atoms with Crippen LogP contribution in [-0.4, -0.2) is 20.2 Å². The average molecular weight is 487 g/mol. The number of allylic oxidation sites excluding steroid dienone is 1. The molecule has 34 heavy (non-hydrogen) atoms. The van der Waals surface area contributed by atoms with E-state index < -0.39 is 0 Å². The molecule has 2 heterocycles. The molecule has 4 aromatic rings. The fourth-order valence-corrected chi connectivity index (χ4v) is 4.73. The SMILES string of the molecule is CC1=C(c2nc(-c3cccc(C)c3)no2)C(c2ccccc2)NC(=S)N1Cc1cccc(Cl)c1. The van der Waals surface area contributed by atoms with Gasteiger partial charge in [0.2, 0.25) is 5.82 Å². The van der Waals surface area contributed by atoms with E-state index in [1.54, 1.807) is 0 Å². The molecule has 1 aromatic heterocycles. The Bertz CT molecular complexity index is 1380. The highest BCUT2D eigenvalue weighted by atomic mass is 35.5. The van der Waals surface area contributed by atoms with Gasteiger partial charge >= 0.3 is 0 Å². The zero-order chi connectivity index (χ0) is 23.7. The maximum atomic E-state index is 6.22. The fourth-order valence-electron chi connectivity index (χ4n) is 4.20. The number of aryl methyl sites for hydroxylation is 1. The van der Waals surface area contributed by atoms with Crippen LogP contribution < -0.4 is 5.32 Å². The summed E-state index contributed by atoms with van der Waals surface area (Å²) in [6.07, 6.45) is 0. The molecule has 0 saturated carbocycles. The van der Waals surface area contributed by atoms with Crippen LogP contribution in [-0.2, 0) is 6.54 Å². The largest absolute Gasteiger partial charge is 0.351 e. The van der Waals surface area contributed by atoms with E-state index in [0.717, 1.165) is 33.5 Å². The van der Waals surface area contributed by atoms with Gasteiger partial charge < -0.3 is 14.7 Å². The first-order valence-electron chi connectivity index (χ1n) is 11.0. The molecule has 1 aliphatic heterocycles. The third-order valence-electron chi connectivity index (χ3n) is 5.89. The molecule has 5 rings (SSSR count). The Morgan fingerprint density at radius 2 is 1.79 bits per heavy atom. The van der Waals surface area contributed by atoms with Crippen LogP contribution in [0.3, 0.4) is 0 Å². The molecule has 0 fully saturated rings. The molecule has 1 atom stereocenters. The molecule has 0 amide bonds. The first-order chi connectivity index (χ1) is 16.5. The van der Waals surface area contributed by atoms with Gasteiger partial charge in [-0.25, -0.2) is 0 Å². The summed E-state index contributed by atoms with van der Waals surface area (Å²) in [6, 6.07) is 25.8. The highest BCUT2D eigenvalue weighted by Gasteiger charge is 2.34. The van der Waals surface area contributed by atoms with Crippen LogP contribution in [0.25, 0.3) is 17.0 Å². The lowest BCUT2D eigenvalue weighted by Gasteiger charge is -2.37. The second-order valence-corrected chi connectivity index (χ2v) is 9.12. The zero-order valence-electron chi connectivity index (χ0n) is 18.8. The summed E-state index contributed by atoms with van der Waals surface area (Å²) < 4.78 is 5.82. The minimum absolute atomic E-state index is 0.213. The molecule has 170 valence electrons. The Labute approximate surface area is 209 Å². The maximum absolute atomic E-state index is 6.22. The van der Waals surface area contributed by atoms with E-state index in [1.807, 2.05) is 85.5 Å². The number of nitrogens with one attached hydrogen (secondary N) is 1. The van der Waals surface area contributed by atoms with Crippen molar-refractivity contribution >= 4 is 34.5 Å². The summed E-state index contributed by atoms with van der Waals surface area (Å²) in [7, 11) is 0. The standard InChI is InChI=1S/C27H23ClN4OS/c1-17-8-6-12-21(14-17)25-30-26(33-31-25)23-18(2)32(16-19-9-7-13-22(28)15-19)27(34)29-24(23)20-10-4-3-5-11-20/h3-15,24H,16H2,1-2H3,(H,29,34). The van der Waals surface area contributed by atoms with Crippen molar-refractivity contribution in [3.05, 3.63) is 112 Å². The van der Waals surface area contributed by atoms with Crippen molar-refractivity contribution in [2.75, 3.05) is 0 Å². The van der Waals surface area contributed by atoms with Crippen molar-refractivity contribution in [2.24, 2.45) is 0 Å². The van der Waals surface area contributed by atoms with Crippen LogP contribution in [0.2, 0.25) is 5.02 Å². The van der Waals surface area contributed by atoms with Crippen molar-refractivity contribution in [2.45, 2.75) is 26.4 Å². The Morgan fingerprint density at radius 1 is 1.00 bits per heavy atom. The lowest BCUT2D eigenvalue weighted by atomic mass is 9.94. The summed E-state index contributed by atoms with van der Waals surface area (Å²) in [4.78, 5) is 6.83. The molecule has 1 N–H and O–H groups in total. The summed E-state index contributed by atoms with van der Waals surface area (Å²) in [5.74, 6) is 1.02. The van der Waals surface area contributed by atoms with Gasteiger partial charge in [-0.15, -0.1) is 0 Å². The van der Waals surface area contributed by atoms with E-state index in [2.05, 4.69) is 22.6 Å². The van der Waals surface area contributed by atoms with E-state index in [-0.39, 0.29) is 6.04 Å². The molecule has 0 spiro atoms. The topological polar surface area (TPSA) is 54.2 Å². The number of hydrogen-bond acceptors (Lipinski definition) is 4. The van der Waals surface area contributed by atoms with Crippen molar-refractivity contribution in [3.8, 4) is 11.4 Å². The van der Waals surface area contributed by atoms with Crippen LogP contribution in [0.5, 0.6) is 0 Å². The lowest BCUT2D eigenvalue weighted by molar-refractivity contribution is 0.396. The van der Waals surface area contributed by atoms with Crippen LogP contribution in [0.1, 0.15) is 35.5 Å². The first kappa shape index (κ1) is 22.3. The van der Waals surface area contributed by atoms with E-state index in [1.165, 1.54) is 0 Å². The number of aromatic nitrogens is 2. The molecule has 1 aliphatic rings. The molecule has 0 bridgehead atoms. The van der Waals surface area contributed by atoms with Gasteiger partial charge in [-0.3, -0.25) is 0 Å². The van der Waals surface area contributed by atoms with Crippen LogP contribution in [0.15, 0.2) is 89.1 Å². The Kier molecular flexibility index (Phi) is 6.18. The van der Waals surface area contributed by atoms with Crippen molar-refractivity contribution in [3.63, 3.8) is 0 Å². The predicted molar refractivity (Wildman–Crippen MR) is 139 cm³/mol. The van der Waals surface area contributed by atoms with Crippen molar-refractivity contribution in [1.29, 1.82) is 0 Å². The fraction of sp³-hybridized carbons (Fsp3) is 0.148. The monoisotopic (exact) mass is 486 g/mol. The number of benzene rings is 3. The highest BCUT2D eigenvalue weighted by Crippen LogP contribution is 2.38. The Morgan fingerprint density at radius 3 is 2.56 bits per heavy atom. The summed E-state index contributed by atoms with van der Waals surface area (Å²) >= 11 is 12.0.